The minimum atomic E-state index is -0.943. The summed E-state index contributed by atoms with van der Waals surface area (Å²) in [5, 5.41) is 8.91. The lowest BCUT2D eigenvalue weighted by atomic mass is 9.96. The molecule has 3 aliphatic heterocycles. The Kier molecular flexibility index (Phi) is 10.7. The lowest BCUT2D eigenvalue weighted by Gasteiger charge is -2.35. The molecule has 0 saturated carbocycles. The zero-order valence-corrected chi connectivity index (χ0v) is 26.2. The molecule has 0 unspecified atom stereocenters. The summed E-state index contributed by atoms with van der Waals surface area (Å²) in [5.41, 5.74) is 0.705. The first kappa shape index (κ1) is 32.3. The molecule has 2 fully saturated rings. The molecular formula is C32H47N5O6. The predicted molar refractivity (Wildman–Crippen MR) is 163 cm³/mol. The van der Waals surface area contributed by atoms with Gasteiger partial charge >= 0.3 is 0 Å². The zero-order valence-electron chi connectivity index (χ0n) is 26.2. The van der Waals surface area contributed by atoms with Gasteiger partial charge in [-0.15, -0.1) is 0 Å². The summed E-state index contributed by atoms with van der Waals surface area (Å²) in [7, 11) is 3.31. The van der Waals surface area contributed by atoms with E-state index in [-0.39, 0.29) is 35.5 Å². The van der Waals surface area contributed by atoms with Crippen molar-refractivity contribution in [2.45, 2.75) is 90.1 Å². The molecule has 3 aliphatic rings. The van der Waals surface area contributed by atoms with Crippen molar-refractivity contribution in [1.29, 1.82) is 0 Å². The average Bonchev–Trinajstić information content (AvgIpc) is 3.64. The smallest absolute Gasteiger partial charge is 0.249 e. The number of carbonyl (C=O) groups is 4. The van der Waals surface area contributed by atoms with Gasteiger partial charge in [0.1, 0.15) is 35.7 Å². The number of hydrogen-bond donors (Lipinski definition) is 3. The Balaban J connectivity index is 1.69. The number of nitrogens with one attached hydrogen (secondary N) is 3. The van der Waals surface area contributed by atoms with Crippen molar-refractivity contribution in [2.75, 3.05) is 27.2 Å². The Morgan fingerprint density at radius 3 is 2.60 bits per heavy atom. The van der Waals surface area contributed by atoms with Crippen LogP contribution in [0.25, 0.3) is 6.08 Å². The summed E-state index contributed by atoms with van der Waals surface area (Å²) < 4.78 is 11.9. The Morgan fingerprint density at radius 1 is 1.16 bits per heavy atom. The molecule has 11 nitrogen and oxygen atoms in total. The first-order valence-electron chi connectivity index (χ1n) is 15.5. The van der Waals surface area contributed by atoms with Crippen LogP contribution < -0.4 is 25.4 Å². The molecule has 236 valence electrons. The summed E-state index contributed by atoms with van der Waals surface area (Å²) in [6.45, 7) is 8.72. The Hall–Kier alpha value is -3.60. The van der Waals surface area contributed by atoms with Crippen LogP contribution in [0.15, 0.2) is 24.4 Å². The van der Waals surface area contributed by atoms with Gasteiger partial charge in [0, 0.05) is 31.3 Å². The topological polar surface area (TPSA) is 129 Å². The summed E-state index contributed by atoms with van der Waals surface area (Å²) in [6, 6.07) is 2.48. The Bertz CT molecular complexity index is 1220. The van der Waals surface area contributed by atoms with Crippen LogP contribution in [0.3, 0.4) is 0 Å². The van der Waals surface area contributed by atoms with E-state index in [0.29, 0.717) is 55.8 Å². The zero-order chi connectivity index (χ0) is 31.3. The number of benzene rings is 1. The molecule has 2 saturated heterocycles. The van der Waals surface area contributed by atoms with Crippen molar-refractivity contribution in [2.24, 2.45) is 11.8 Å². The van der Waals surface area contributed by atoms with Crippen LogP contribution in [-0.2, 0) is 19.2 Å². The van der Waals surface area contributed by atoms with Crippen molar-refractivity contribution in [3.63, 3.8) is 0 Å². The number of amides is 4. The molecule has 0 aromatic heterocycles. The number of likely N-dealkylation sites (tertiary alicyclic amines) is 1. The minimum absolute atomic E-state index is 0.0726. The highest BCUT2D eigenvalue weighted by molar-refractivity contribution is 5.96. The second-order valence-corrected chi connectivity index (χ2v) is 12.2. The molecule has 0 radical (unpaired) electrons. The third-order valence-corrected chi connectivity index (χ3v) is 8.82. The number of methoxy groups -OCH3 is 1. The summed E-state index contributed by atoms with van der Waals surface area (Å²) in [5.74, 6) is 0.183. The number of ether oxygens (including phenoxy) is 2. The fourth-order valence-corrected chi connectivity index (χ4v) is 6.36. The average molecular weight is 598 g/mol. The molecule has 1 aromatic carbocycles. The Morgan fingerprint density at radius 2 is 1.93 bits per heavy atom. The minimum Gasteiger partial charge on any atom is -0.496 e. The van der Waals surface area contributed by atoms with Crippen LogP contribution in [0.4, 0.5) is 0 Å². The third kappa shape index (κ3) is 7.14. The maximum atomic E-state index is 14.3. The van der Waals surface area contributed by atoms with Crippen LogP contribution >= 0.6 is 0 Å². The first-order valence-corrected chi connectivity index (χ1v) is 15.5. The largest absolute Gasteiger partial charge is 0.496 e. The molecule has 0 spiro atoms. The monoisotopic (exact) mass is 597 g/mol. The Labute approximate surface area is 254 Å². The molecule has 4 rings (SSSR count). The molecule has 0 aliphatic carbocycles. The van der Waals surface area contributed by atoms with Gasteiger partial charge in [-0.3, -0.25) is 19.2 Å². The molecular weight excluding hydrogens is 550 g/mol. The second-order valence-electron chi connectivity index (χ2n) is 12.2. The van der Waals surface area contributed by atoms with E-state index in [1.807, 2.05) is 27.7 Å². The van der Waals surface area contributed by atoms with E-state index in [2.05, 4.69) is 16.0 Å². The van der Waals surface area contributed by atoms with Crippen LogP contribution in [-0.4, -0.2) is 90.9 Å². The van der Waals surface area contributed by atoms with E-state index in [1.165, 1.54) is 0 Å². The van der Waals surface area contributed by atoms with Crippen LogP contribution in [0.1, 0.15) is 65.4 Å². The summed E-state index contributed by atoms with van der Waals surface area (Å²) in [6.07, 6.45) is 5.52. The van der Waals surface area contributed by atoms with Gasteiger partial charge in [0.2, 0.25) is 23.6 Å². The molecule has 6 atom stereocenters. The lowest BCUT2D eigenvalue weighted by molar-refractivity contribution is -0.150. The summed E-state index contributed by atoms with van der Waals surface area (Å²) >= 11 is 0. The van der Waals surface area contributed by atoms with E-state index >= 15 is 0 Å². The number of hydrogen-bond acceptors (Lipinski definition) is 7. The van der Waals surface area contributed by atoms with E-state index < -0.39 is 30.3 Å². The number of likely N-dealkylation sites (N-methyl/N-ethyl adjacent to an activating group) is 1. The highest BCUT2D eigenvalue weighted by Crippen LogP contribution is 2.32. The fraction of sp³-hybridized carbons (Fsp3) is 0.625. The van der Waals surface area contributed by atoms with Gasteiger partial charge in [-0.2, -0.15) is 0 Å². The number of carbonyl (C=O) groups excluding carboxylic acids is 4. The van der Waals surface area contributed by atoms with Gasteiger partial charge in [-0.1, -0.05) is 34.1 Å². The maximum absolute atomic E-state index is 14.3. The van der Waals surface area contributed by atoms with Crippen LogP contribution in [0.2, 0.25) is 0 Å². The van der Waals surface area contributed by atoms with Crippen molar-refractivity contribution < 1.29 is 28.7 Å². The number of nitrogens with zero attached hydrogens (tertiary/aromatic N) is 2. The van der Waals surface area contributed by atoms with Crippen LogP contribution in [0.5, 0.6) is 11.5 Å². The SMILES string of the molecule is CC[C@H](C)[C@H](NC)C(=O)N[C@@H](CC(C)C)C(=O)N1CC[C@@H]2Oc3ccc(OC)c(c3)/C=C/NC(=O)[C@@H]3CCCN3C(=O)[C@H]21. The summed E-state index contributed by atoms with van der Waals surface area (Å²) in [4.78, 5) is 58.3. The van der Waals surface area contributed by atoms with Gasteiger partial charge in [0.25, 0.3) is 0 Å². The molecule has 43 heavy (non-hydrogen) atoms. The van der Waals surface area contributed by atoms with Gasteiger partial charge in [-0.25, -0.2) is 0 Å². The van der Waals surface area contributed by atoms with Crippen LogP contribution in [0, 0.1) is 11.8 Å². The second kappa shape index (κ2) is 14.2. The van der Waals surface area contributed by atoms with Crippen molar-refractivity contribution >= 4 is 29.7 Å². The highest BCUT2D eigenvalue weighted by atomic mass is 16.5. The first-order chi connectivity index (χ1) is 20.6. The number of rotatable bonds is 9. The van der Waals surface area contributed by atoms with E-state index in [1.54, 1.807) is 54.4 Å². The van der Waals surface area contributed by atoms with Crippen molar-refractivity contribution in [1.82, 2.24) is 25.8 Å². The fourth-order valence-electron chi connectivity index (χ4n) is 6.36. The molecule has 2 bridgehead atoms. The van der Waals surface area contributed by atoms with Gasteiger partial charge in [0.15, 0.2) is 0 Å². The molecule has 11 heteroatoms. The highest BCUT2D eigenvalue weighted by Gasteiger charge is 2.49. The maximum Gasteiger partial charge on any atom is 0.249 e. The molecule has 1 aromatic rings. The quantitative estimate of drug-likeness (QED) is 0.399. The van der Waals surface area contributed by atoms with E-state index in [4.69, 9.17) is 9.47 Å². The van der Waals surface area contributed by atoms with E-state index in [9.17, 15) is 19.2 Å². The van der Waals surface area contributed by atoms with Gasteiger partial charge in [-0.05, 0) is 62.4 Å². The van der Waals surface area contributed by atoms with Gasteiger partial charge in [0.05, 0.1) is 13.2 Å². The molecule has 3 heterocycles. The van der Waals surface area contributed by atoms with Crippen molar-refractivity contribution in [3.05, 3.63) is 30.0 Å². The molecule has 4 amide bonds. The van der Waals surface area contributed by atoms with E-state index in [0.717, 1.165) is 6.42 Å². The normalized spacial score (nSPS) is 24.8. The third-order valence-electron chi connectivity index (χ3n) is 8.82. The van der Waals surface area contributed by atoms with Gasteiger partial charge < -0.3 is 35.2 Å². The predicted octanol–water partition coefficient (Wildman–Crippen LogP) is 2.30. The standard InChI is InChI=1S/C32H47N5O6/c1-7-20(4)27(33-5)30(39)35-23(17-19(2)3)31(40)37-16-13-26-28(37)32(41)36-15-8-9-24(36)29(38)34-14-12-21-18-22(43-26)10-11-25(21)42-6/h10-12,14,18-20,23-24,26-28,33H,7-9,13,15-17H2,1-6H3,(H,34,38)(H,35,39)/b14-12+/t20-,23-,24-,26-,27-,28-/m0/s1. The lowest BCUT2D eigenvalue weighted by Crippen LogP contribution is -2.60. The van der Waals surface area contributed by atoms with Crippen molar-refractivity contribution in [3.8, 4) is 11.5 Å². The molecule has 3 N–H and O–H groups in total. The number of fused-ring (bicyclic) bond motifs is 4.